The number of pyridine rings is 1. The van der Waals surface area contributed by atoms with Gasteiger partial charge in [0.05, 0.1) is 6.61 Å². The molecule has 1 aromatic rings. The average molecular weight is 199 g/mol. The fourth-order valence-electron chi connectivity index (χ4n) is 1.09. The maximum atomic E-state index is 11.0. The zero-order chi connectivity index (χ0) is 10.9. The normalized spacial score (nSPS) is 10.1. The predicted molar refractivity (Wildman–Crippen MR) is 44.7 cm³/mol. The molecule has 0 fully saturated rings. The number of hydrogen-bond donors (Lipinski definition) is 3. The molecule has 6 heteroatoms. The molecule has 76 valence electrons. The van der Waals surface area contributed by atoms with E-state index in [1.165, 1.54) is 6.92 Å². The summed E-state index contributed by atoms with van der Waals surface area (Å²) in [5.41, 5.74) is -0.591. The van der Waals surface area contributed by atoms with Gasteiger partial charge in [0.1, 0.15) is 5.56 Å². The van der Waals surface area contributed by atoms with Crippen LogP contribution in [0.15, 0.2) is 6.20 Å². The molecule has 0 aliphatic carbocycles. The SMILES string of the molecule is Cc1c(O)c(CO)c(C(=O)O)c[n+]1[O-]. The number of aromatic carboxylic acids is 1. The lowest BCUT2D eigenvalue weighted by atomic mass is 10.1. The molecule has 14 heavy (non-hydrogen) atoms. The van der Waals surface area contributed by atoms with Crippen molar-refractivity contribution in [3.8, 4) is 5.75 Å². The first-order valence-corrected chi connectivity index (χ1v) is 3.77. The summed E-state index contributed by atoms with van der Waals surface area (Å²) in [6, 6.07) is 0. The van der Waals surface area contributed by atoms with Crippen molar-refractivity contribution < 1.29 is 24.8 Å². The van der Waals surface area contributed by atoms with Crippen LogP contribution in [0, 0.1) is 12.1 Å². The van der Waals surface area contributed by atoms with Crippen molar-refractivity contribution in [3.63, 3.8) is 0 Å². The van der Waals surface area contributed by atoms with Gasteiger partial charge in [0.2, 0.25) is 5.69 Å². The maximum Gasteiger partial charge on any atom is 0.342 e. The Morgan fingerprint density at radius 2 is 2.21 bits per heavy atom. The Balaban J connectivity index is 3.51. The van der Waals surface area contributed by atoms with Gasteiger partial charge in [0.15, 0.2) is 11.9 Å². The molecule has 1 aromatic heterocycles. The van der Waals surface area contributed by atoms with E-state index in [9.17, 15) is 15.1 Å². The van der Waals surface area contributed by atoms with Crippen LogP contribution in [0.25, 0.3) is 0 Å². The fourth-order valence-corrected chi connectivity index (χ4v) is 1.09. The molecule has 0 radical (unpaired) electrons. The molecule has 0 aromatic carbocycles. The second-order valence-electron chi connectivity index (χ2n) is 2.74. The number of aliphatic hydroxyl groups is 1. The van der Waals surface area contributed by atoms with Gasteiger partial charge in [0.25, 0.3) is 0 Å². The second-order valence-corrected chi connectivity index (χ2v) is 2.74. The van der Waals surface area contributed by atoms with Gasteiger partial charge < -0.3 is 20.5 Å². The van der Waals surface area contributed by atoms with E-state index in [0.29, 0.717) is 0 Å². The Bertz CT molecular complexity index is 388. The highest BCUT2D eigenvalue weighted by atomic mass is 16.5. The van der Waals surface area contributed by atoms with Crippen molar-refractivity contribution in [3.05, 3.63) is 28.2 Å². The number of rotatable bonds is 2. The molecule has 1 heterocycles. The lowest BCUT2D eigenvalue weighted by Gasteiger charge is -2.08. The maximum absolute atomic E-state index is 11.0. The third kappa shape index (κ3) is 1.47. The average Bonchev–Trinajstić information content (AvgIpc) is 2.13. The summed E-state index contributed by atoms with van der Waals surface area (Å²) in [5, 5.41) is 37.9. The van der Waals surface area contributed by atoms with Crippen LogP contribution in [0.4, 0.5) is 0 Å². The number of carbonyl (C=O) groups is 1. The molecule has 0 bridgehead atoms. The van der Waals surface area contributed by atoms with E-state index in [0.717, 1.165) is 6.20 Å². The van der Waals surface area contributed by atoms with Crippen LogP contribution in [0.5, 0.6) is 5.75 Å². The Morgan fingerprint density at radius 1 is 1.64 bits per heavy atom. The number of hydrogen-bond acceptors (Lipinski definition) is 4. The zero-order valence-corrected chi connectivity index (χ0v) is 7.39. The molecule has 0 atom stereocenters. The standard InChI is InChI=1S/C8H9NO5/c1-4-7(11)6(3-10)5(8(12)13)2-9(4)14/h2,10-11H,3H2,1H3,(H,12,13). The molecule has 6 nitrogen and oxygen atoms in total. The van der Waals surface area contributed by atoms with E-state index in [1.807, 2.05) is 0 Å². The molecule has 1 rings (SSSR count). The first-order chi connectivity index (χ1) is 6.49. The van der Waals surface area contributed by atoms with Crippen LogP contribution in [0.2, 0.25) is 0 Å². The van der Waals surface area contributed by atoms with Crippen molar-refractivity contribution in [2.24, 2.45) is 0 Å². The van der Waals surface area contributed by atoms with E-state index in [4.69, 9.17) is 10.2 Å². The first-order valence-electron chi connectivity index (χ1n) is 3.77. The molecular formula is C8H9NO5. The molecule has 0 spiro atoms. The summed E-state index contributed by atoms with van der Waals surface area (Å²) in [7, 11) is 0. The van der Waals surface area contributed by atoms with Crippen LogP contribution in [0.1, 0.15) is 21.6 Å². The smallest absolute Gasteiger partial charge is 0.342 e. The van der Waals surface area contributed by atoms with Crippen LogP contribution in [-0.4, -0.2) is 21.3 Å². The Kier molecular flexibility index (Phi) is 2.57. The molecule has 0 aliphatic heterocycles. The Morgan fingerprint density at radius 3 is 2.64 bits per heavy atom. The van der Waals surface area contributed by atoms with E-state index in [1.54, 1.807) is 0 Å². The number of aromatic hydroxyl groups is 1. The minimum Gasteiger partial charge on any atom is -0.618 e. The van der Waals surface area contributed by atoms with Gasteiger partial charge in [-0.3, -0.25) is 0 Å². The van der Waals surface area contributed by atoms with Crippen LogP contribution in [0.3, 0.4) is 0 Å². The predicted octanol–water partition coefficient (Wildman–Crippen LogP) is -0.475. The molecule has 3 N–H and O–H groups in total. The number of aliphatic hydroxyl groups excluding tert-OH is 1. The van der Waals surface area contributed by atoms with Gasteiger partial charge >= 0.3 is 5.97 Å². The summed E-state index contributed by atoms with van der Waals surface area (Å²) in [5.74, 6) is -1.85. The van der Waals surface area contributed by atoms with Gasteiger partial charge in [-0.1, -0.05) is 0 Å². The highest BCUT2D eigenvalue weighted by Gasteiger charge is 2.21. The quantitative estimate of drug-likeness (QED) is 0.441. The number of aromatic nitrogens is 1. The minimum absolute atomic E-state index is 0.0425. The van der Waals surface area contributed by atoms with Gasteiger partial charge in [-0.25, -0.2) is 4.79 Å². The summed E-state index contributed by atoms with van der Waals surface area (Å²) in [6.45, 7) is 0.697. The zero-order valence-electron chi connectivity index (χ0n) is 7.39. The molecule has 0 aliphatic rings. The topological polar surface area (TPSA) is 105 Å². The van der Waals surface area contributed by atoms with Crippen molar-refractivity contribution in [2.45, 2.75) is 13.5 Å². The van der Waals surface area contributed by atoms with E-state index < -0.39 is 23.9 Å². The second kappa shape index (κ2) is 3.51. The van der Waals surface area contributed by atoms with Crippen LogP contribution < -0.4 is 4.73 Å². The summed E-state index contributed by atoms with van der Waals surface area (Å²) in [6.07, 6.45) is 0.808. The van der Waals surface area contributed by atoms with Crippen molar-refractivity contribution in [1.82, 2.24) is 0 Å². The third-order valence-electron chi connectivity index (χ3n) is 1.92. The largest absolute Gasteiger partial charge is 0.618 e. The molecule has 0 unspecified atom stereocenters. The van der Waals surface area contributed by atoms with Gasteiger partial charge in [-0.05, 0) is 0 Å². The van der Waals surface area contributed by atoms with Crippen LogP contribution >= 0.6 is 0 Å². The molecule has 0 amide bonds. The third-order valence-corrected chi connectivity index (χ3v) is 1.92. The van der Waals surface area contributed by atoms with E-state index in [-0.39, 0.29) is 16.0 Å². The van der Waals surface area contributed by atoms with E-state index >= 15 is 0 Å². The molecular weight excluding hydrogens is 190 g/mol. The Hall–Kier alpha value is -1.82. The number of carboxylic acids is 1. The van der Waals surface area contributed by atoms with Crippen LogP contribution in [-0.2, 0) is 6.61 Å². The first kappa shape index (κ1) is 10.3. The summed E-state index contributed by atoms with van der Waals surface area (Å²) >= 11 is 0. The van der Waals surface area contributed by atoms with Crippen molar-refractivity contribution in [1.29, 1.82) is 0 Å². The highest BCUT2D eigenvalue weighted by Crippen LogP contribution is 2.22. The Labute approximate surface area is 79.2 Å². The molecule has 0 saturated carbocycles. The van der Waals surface area contributed by atoms with Crippen molar-refractivity contribution >= 4 is 5.97 Å². The minimum atomic E-state index is -1.37. The number of carboxylic acid groups (broad SMARTS) is 1. The van der Waals surface area contributed by atoms with Gasteiger partial charge in [-0.2, -0.15) is 4.73 Å². The van der Waals surface area contributed by atoms with Crippen molar-refractivity contribution in [2.75, 3.05) is 0 Å². The lowest BCUT2D eigenvalue weighted by Crippen LogP contribution is -2.32. The van der Waals surface area contributed by atoms with E-state index in [2.05, 4.69) is 0 Å². The number of nitrogens with zero attached hydrogens (tertiary/aromatic N) is 1. The summed E-state index contributed by atoms with van der Waals surface area (Å²) in [4.78, 5) is 10.6. The summed E-state index contributed by atoms with van der Waals surface area (Å²) < 4.78 is 0.248. The lowest BCUT2D eigenvalue weighted by molar-refractivity contribution is -0.613. The highest BCUT2D eigenvalue weighted by molar-refractivity contribution is 5.89. The molecule has 0 saturated heterocycles. The van der Waals surface area contributed by atoms with Gasteiger partial charge in [-0.15, -0.1) is 0 Å². The fraction of sp³-hybridized carbons (Fsp3) is 0.250. The van der Waals surface area contributed by atoms with Gasteiger partial charge in [0, 0.05) is 12.5 Å². The monoisotopic (exact) mass is 199 g/mol.